The Balaban J connectivity index is 1.92. The first-order chi connectivity index (χ1) is 13.0. The van der Waals surface area contributed by atoms with E-state index in [0.29, 0.717) is 22.5 Å². The third-order valence-corrected chi connectivity index (χ3v) is 4.58. The van der Waals surface area contributed by atoms with Crippen LogP contribution in [0.2, 0.25) is 0 Å². The third kappa shape index (κ3) is 2.81. The molecule has 1 N–H and O–H groups in total. The number of benzene rings is 2. The van der Waals surface area contributed by atoms with Gasteiger partial charge >= 0.3 is 0 Å². The number of halogens is 3. The molecule has 0 unspecified atom stereocenters. The Hall–Kier alpha value is -3.35. The van der Waals surface area contributed by atoms with Gasteiger partial charge in [-0.25, -0.2) is 23.1 Å². The number of nitrogens with zero attached hydrogens (tertiary/aromatic N) is 3. The summed E-state index contributed by atoms with van der Waals surface area (Å²) in [6.45, 7) is 3.73. The fourth-order valence-corrected chi connectivity index (χ4v) is 3.12. The van der Waals surface area contributed by atoms with Gasteiger partial charge in [0.1, 0.15) is 18.0 Å². The minimum Gasteiger partial charge on any atom is -0.337 e. The molecule has 2 aromatic heterocycles. The van der Waals surface area contributed by atoms with Crippen molar-refractivity contribution in [3.8, 4) is 5.69 Å². The molecule has 0 bridgehead atoms. The molecule has 4 aromatic rings. The van der Waals surface area contributed by atoms with Crippen molar-refractivity contribution in [1.29, 1.82) is 0 Å². The maximum absolute atomic E-state index is 14.0. The number of rotatable bonds is 3. The maximum Gasteiger partial charge on any atom is 0.160 e. The molecule has 0 aliphatic heterocycles. The fourth-order valence-electron chi connectivity index (χ4n) is 3.12. The van der Waals surface area contributed by atoms with Crippen LogP contribution in [0.1, 0.15) is 11.3 Å². The van der Waals surface area contributed by atoms with Crippen LogP contribution in [0.25, 0.3) is 16.7 Å². The molecule has 0 saturated heterocycles. The van der Waals surface area contributed by atoms with Crippen LogP contribution in [0.15, 0.2) is 48.8 Å². The molecule has 4 nitrogen and oxygen atoms in total. The van der Waals surface area contributed by atoms with E-state index in [1.165, 1.54) is 18.5 Å². The second kappa shape index (κ2) is 6.42. The van der Waals surface area contributed by atoms with Crippen molar-refractivity contribution in [2.45, 2.75) is 13.8 Å². The number of nitrogens with one attached hydrogen (secondary N) is 1. The molecule has 136 valence electrons. The van der Waals surface area contributed by atoms with Crippen LogP contribution in [-0.4, -0.2) is 14.5 Å². The molecule has 0 aliphatic carbocycles. The van der Waals surface area contributed by atoms with Gasteiger partial charge in [-0.15, -0.1) is 0 Å². The molecule has 0 spiro atoms. The van der Waals surface area contributed by atoms with E-state index >= 15 is 0 Å². The first-order valence-corrected chi connectivity index (χ1v) is 8.27. The van der Waals surface area contributed by atoms with E-state index in [0.717, 1.165) is 23.4 Å². The summed E-state index contributed by atoms with van der Waals surface area (Å²) >= 11 is 0. The highest BCUT2D eigenvalue weighted by Gasteiger charge is 2.19. The Morgan fingerprint density at radius 1 is 0.889 bits per heavy atom. The number of aryl methyl sites for hydroxylation is 1. The first-order valence-electron chi connectivity index (χ1n) is 8.27. The minimum atomic E-state index is -0.940. The Bertz CT molecular complexity index is 1170. The predicted molar refractivity (Wildman–Crippen MR) is 97.9 cm³/mol. The molecule has 0 atom stereocenters. The largest absolute Gasteiger partial charge is 0.337 e. The summed E-state index contributed by atoms with van der Waals surface area (Å²) in [7, 11) is 0. The summed E-state index contributed by atoms with van der Waals surface area (Å²) in [4.78, 5) is 8.57. The summed E-state index contributed by atoms with van der Waals surface area (Å²) < 4.78 is 42.8. The molecule has 27 heavy (non-hydrogen) atoms. The molecule has 0 radical (unpaired) electrons. The third-order valence-electron chi connectivity index (χ3n) is 4.58. The smallest absolute Gasteiger partial charge is 0.160 e. The molecule has 0 fully saturated rings. The molecule has 4 rings (SSSR count). The molecular formula is C20H15F3N4. The van der Waals surface area contributed by atoms with E-state index < -0.39 is 17.5 Å². The standard InChI is InChI=1S/C20H15F3N4/c1-11-12(2)27(13-7-8-14(21)16(23)9-13)20-18(11)19(24-10-25-20)26-17-6-4-3-5-15(17)22/h3-10H,1-2H3,(H,24,25,26). The summed E-state index contributed by atoms with van der Waals surface area (Å²) in [6.07, 6.45) is 1.35. The van der Waals surface area contributed by atoms with E-state index in [1.807, 2.05) is 13.8 Å². The van der Waals surface area contributed by atoms with Crippen molar-refractivity contribution in [3.05, 3.63) is 77.5 Å². The highest BCUT2D eigenvalue weighted by molar-refractivity contribution is 5.94. The summed E-state index contributed by atoms with van der Waals surface area (Å²) in [5, 5.41) is 3.68. The van der Waals surface area contributed by atoms with E-state index in [-0.39, 0.29) is 5.69 Å². The van der Waals surface area contributed by atoms with Gasteiger partial charge in [0.2, 0.25) is 0 Å². The van der Waals surface area contributed by atoms with Gasteiger partial charge in [-0.2, -0.15) is 0 Å². The normalized spacial score (nSPS) is 11.1. The van der Waals surface area contributed by atoms with Crippen LogP contribution >= 0.6 is 0 Å². The molecule has 7 heteroatoms. The van der Waals surface area contributed by atoms with E-state index in [9.17, 15) is 13.2 Å². The number of hydrogen-bond acceptors (Lipinski definition) is 3. The van der Waals surface area contributed by atoms with Gasteiger partial charge in [0.15, 0.2) is 17.3 Å². The van der Waals surface area contributed by atoms with E-state index in [4.69, 9.17) is 0 Å². The number of aromatic nitrogens is 3. The van der Waals surface area contributed by atoms with Crippen molar-refractivity contribution in [2.24, 2.45) is 0 Å². The van der Waals surface area contributed by atoms with Gasteiger partial charge in [0, 0.05) is 11.8 Å². The molecule has 2 heterocycles. The van der Waals surface area contributed by atoms with E-state index in [1.54, 1.807) is 22.8 Å². The van der Waals surface area contributed by atoms with Gasteiger partial charge in [-0.05, 0) is 43.7 Å². The molecular weight excluding hydrogens is 353 g/mol. The quantitative estimate of drug-likeness (QED) is 0.541. The minimum absolute atomic E-state index is 0.287. The Kier molecular flexibility index (Phi) is 4.07. The lowest BCUT2D eigenvalue weighted by Crippen LogP contribution is -2.01. The summed E-state index contributed by atoms with van der Waals surface area (Å²) in [5.74, 6) is -1.82. The number of fused-ring (bicyclic) bond motifs is 1. The Morgan fingerprint density at radius 2 is 1.67 bits per heavy atom. The Morgan fingerprint density at radius 3 is 2.41 bits per heavy atom. The molecule has 0 amide bonds. The van der Waals surface area contributed by atoms with Crippen molar-refractivity contribution >= 4 is 22.5 Å². The van der Waals surface area contributed by atoms with Crippen LogP contribution in [0.5, 0.6) is 0 Å². The average Bonchev–Trinajstić information content (AvgIpc) is 2.91. The van der Waals surface area contributed by atoms with Crippen LogP contribution in [0, 0.1) is 31.3 Å². The van der Waals surface area contributed by atoms with Crippen LogP contribution in [-0.2, 0) is 0 Å². The highest BCUT2D eigenvalue weighted by Crippen LogP contribution is 2.33. The number of para-hydroxylation sites is 1. The predicted octanol–water partition coefficient (Wildman–Crippen LogP) is 5.20. The summed E-state index contributed by atoms with van der Waals surface area (Å²) in [6, 6.07) is 9.96. The molecule has 0 aliphatic rings. The van der Waals surface area contributed by atoms with Gasteiger partial charge in [-0.3, -0.25) is 4.57 Å². The first kappa shape index (κ1) is 17.1. The number of hydrogen-bond donors (Lipinski definition) is 1. The lowest BCUT2D eigenvalue weighted by Gasteiger charge is -2.09. The zero-order valence-electron chi connectivity index (χ0n) is 14.6. The van der Waals surface area contributed by atoms with Crippen molar-refractivity contribution < 1.29 is 13.2 Å². The van der Waals surface area contributed by atoms with Crippen LogP contribution < -0.4 is 5.32 Å². The van der Waals surface area contributed by atoms with Crippen LogP contribution in [0.3, 0.4) is 0 Å². The van der Waals surface area contributed by atoms with Gasteiger partial charge in [0.05, 0.1) is 16.8 Å². The van der Waals surface area contributed by atoms with Crippen LogP contribution in [0.4, 0.5) is 24.7 Å². The van der Waals surface area contributed by atoms with Gasteiger partial charge < -0.3 is 5.32 Å². The van der Waals surface area contributed by atoms with Gasteiger partial charge in [-0.1, -0.05) is 12.1 Å². The molecule has 2 aromatic carbocycles. The zero-order chi connectivity index (χ0) is 19.1. The van der Waals surface area contributed by atoms with Crippen molar-refractivity contribution in [2.75, 3.05) is 5.32 Å². The fraction of sp³-hybridized carbons (Fsp3) is 0.100. The maximum atomic E-state index is 14.0. The van der Waals surface area contributed by atoms with Crippen molar-refractivity contribution in [1.82, 2.24) is 14.5 Å². The highest BCUT2D eigenvalue weighted by atomic mass is 19.2. The average molecular weight is 368 g/mol. The Labute approximate surface area is 153 Å². The zero-order valence-corrected chi connectivity index (χ0v) is 14.6. The van der Waals surface area contributed by atoms with E-state index in [2.05, 4.69) is 15.3 Å². The van der Waals surface area contributed by atoms with Crippen molar-refractivity contribution in [3.63, 3.8) is 0 Å². The molecule has 0 saturated carbocycles. The number of anilines is 2. The monoisotopic (exact) mass is 368 g/mol. The lowest BCUT2D eigenvalue weighted by atomic mass is 10.2. The summed E-state index contributed by atoms with van der Waals surface area (Å²) in [5.41, 5.74) is 2.90. The second-order valence-corrected chi connectivity index (χ2v) is 6.17. The second-order valence-electron chi connectivity index (χ2n) is 6.17. The topological polar surface area (TPSA) is 42.7 Å². The SMILES string of the molecule is Cc1c(C)n(-c2ccc(F)c(F)c2)c2ncnc(Nc3ccccc3F)c12. The van der Waals surface area contributed by atoms with Gasteiger partial charge in [0.25, 0.3) is 0 Å². The lowest BCUT2D eigenvalue weighted by molar-refractivity contribution is 0.508.